The van der Waals surface area contributed by atoms with Crippen LogP contribution in [0.25, 0.3) is 0 Å². The van der Waals surface area contributed by atoms with Gasteiger partial charge in [0.1, 0.15) is 0 Å². The molecule has 2 nitrogen and oxygen atoms in total. The van der Waals surface area contributed by atoms with E-state index in [4.69, 9.17) is 5.73 Å². The van der Waals surface area contributed by atoms with Crippen molar-refractivity contribution in [1.29, 1.82) is 0 Å². The van der Waals surface area contributed by atoms with Crippen molar-refractivity contribution in [2.45, 2.75) is 27.2 Å². The molecule has 0 atom stereocenters. The number of rotatable bonds is 4. The molecule has 0 saturated heterocycles. The molecule has 0 aliphatic carbocycles. The lowest BCUT2D eigenvalue weighted by Gasteiger charge is -2.11. The summed E-state index contributed by atoms with van der Waals surface area (Å²) in [5.74, 6) is 0.730. The summed E-state index contributed by atoms with van der Waals surface area (Å²) in [4.78, 5) is 0. The van der Waals surface area contributed by atoms with Crippen molar-refractivity contribution >= 4 is 11.4 Å². The molecule has 0 aromatic heterocycles. The van der Waals surface area contributed by atoms with Crippen molar-refractivity contribution < 1.29 is 0 Å². The Bertz CT molecular complexity index is 292. The van der Waals surface area contributed by atoms with Crippen LogP contribution in [0.5, 0.6) is 0 Å². The quantitative estimate of drug-likeness (QED) is 0.720. The van der Waals surface area contributed by atoms with Crippen LogP contribution < -0.4 is 11.1 Å². The maximum Gasteiger partial charge on any atom is 0.0576 e. The molecule has 0 amide bonds. The van der Waals surface area contributed by atoms with Crippen LogP contribution in [0.3, 0.4) is 0 Å². The Morgan fingerprint density at radius 1 is 1.36 bits per heavy atom. The van der Waals surface area contributed by atoms with Crippen molar-refractivity contribution in [3.63, 3.8) is 0 Å². The van der Waals surface area contributed by atoms with E-state index in [1.807, 2.05) is 12.1 Å². The fourth-order valence-electron chi connectivity index (χ4n) is 1.32. The molecule has 0 bridgehead atoms. The standard InChI is InChI=1S/C12H20N2/c1-9(2)6-7-14-12-8-10(3)4-5-11(12)13/h4-5,8-9,14H,6-7,13H2,1-3H3. The molecule has 0 aliphatic rings. The number of hydrogen-bond acceptors (Lipinski definition) is 2. The summed E-state index contributed by atoms with van der Waals surface area (Å²) < 4.78 is 0. The lowest BCUT2D eigenvalue weighted by molar-refractivity contribution is 0.607. The monoisotopic (exact) mass is 192 g/mol. The van der Waals surface area contributed by atoms with E-state index in [-0.39, 0.29) is 0 Å². The van der Waals surface area contributed by atoms with Crippen LogP contribution in [0.1, 0.15) is 25.8 Å². The molecule has 0 saturated carbocycles. The highest BCUT2D eigenvalue weighted by molar-refractivity contribution is 5.66. The molecule has 0 fully saturated rings. The third-order valence-corrected chi connectivity index (χ3v) is 2.25. The van der Waals surface area contributed by atoms with Gasteiger partial charge in [-0.2, -0.15) is 0 Å². The fraction of sp³-hybridized carbons (Fsp3) is 0.500. The van der Waals surface area contributed by atoms with Crippen molar-refractivity contribution in [1.82, 2.24) is 0 Å². The molecule has 3 N–H and O–H groups in total. The number of benzene rings is 1. The first-order chi connectivity index (χ1) is 6.59. The molecule has 0 unspecified atom stereocenters. The van der Waals surface area contributed by atoms with Crippen LogP contribution in [0.4, 0.5) is 11.4 Å². The number of aryl methyl sites for hydroxylation is 1. The van der Waals surface area contributed by atoms with Gasteiger partial charge in [0, 0.05) is 6.54 Å². The largest absolute Gasteiger partial charge is 0.397 e. The van der Waals surface area contributed by atoms with Crippen LogP contribution in [0, 0.1) is 12.8 Å². The number of hydrogen-bond donors (Lipinski definition) is 2. The second-order valence-corrected chi connectivity index (χ2v) is 4.20. The van der Waals surface area contributed by atoms with Crippen molar-refractivity contribution in [2.24, 2.45) is 5.92 Å². The second-order valence-electron chi connectivity index (χ2n) is 4.20. The average molecular weight is 192 g/mol. The van der Waals surface area contributed by atoms with E-state index in [9.17, 15) is 0 Å². The average Bonchev–Trinajstić information content (AvgIpc) is 2.10. The number of anilines is 2. The Morgan fingerprint density at radius 2 is 2.07 bits per heavy atom. The van der Waals surface area contributed by atoms with Gasteiger partial charge in [0.2, 0.25) is 0 Å². The number of nitrogen functional groups attached to an aromatic ring is 1. The second kappa shape index (κ2) is 4.89. The molecule has 1 aromatic rings. The highest BCUT2D eigenvalue weighted by Gasteiger charge is 1.99. The summed E-state index contributed by atoms with van der Waals surface area (Å²) in [6.07, 6.45) is 1.17. The van der Waals surface area contributed by atoms with E-state index in [0.29, 0.717) is 0 Å². The molecule has 2 heteroatoms. The van der Waals surface area contributed by atoms with Crippen LogP contribution in [0.15, 0.2) is 18.2 Å². The first kappa shape index (κ1) is 10.9. The Kier molecular flexibility index (Phi) is 3.81. The molecule has 0 spiro atoms. The van der Waals surface area contributed by atoms with E-state index in [0.717, 1.165) is 23.8 Å². The Morgan fingerprint density at radius 3 is 2.71 bits per heavy atom. The SMILES string of the molecule is Cc1ccc(N)c(NCCC(C)C)c1. The summed E-state index contributed by atoms with van der Waals surface area (Å²) in [7, 11) is 0. The molecule has 0 aliphatic heterocycles. The van der Waals surface area contributed by atoms with Gasteiger partial charge in [-0.3, -0.25) is 0 Å². The van der Waals surface area contributed by atoms with Crippen molar-refractivity contribution in [3.05, 3.63) is 23.8 Å². The van der Waals surface area contributed by atoms with Gasteiger partial charge < -0.3 is 11.1 Å². The fourth-order valence-corrected chi connectivity index (χ4v) is 1.32. The first-order valence-electron chi connectivity index (χ1n) is 5.19. The summed E-state index contributed by atoms with van der Waals surface area (Å²) in [6, 6.07) is 6.08. The molecule has 78 valence electrons. The van der Waals surface area contributed by atoms with E-state index in [1.165, 1.54) is 12.0 Å². The maximum atomic E-state index is 5.84. The van der Waals surface area contributed by atoms with Gasteiger partial charge in [-0.15, -0.1) is 0 Å². The van der Waals surface area contributed by atoms with Gasteiger partial charge in [-0.05, 0) is 37.0 Å². The predicted molar refractivity (Wildman–Crippen MR) is 63.5 cm³/mol. The number of nitrogens with one attached hydrogen (secondary N) is 1. The van der Waals surface area contributed by atoms with Gasteiger partial charge in [0.25, 0.3) is 0 Å². The summed E-state index contributed by atoms with van der Waals surface area (Å²) >= 11 is 0. The molecular formula is C12H20N2. The smallest absolute Gasteiger partial charge is 0.0576 e. The lowest BCUT2D eigenvalue weighted by Crippen LogP contribution is -2.06. The maximum absolute atomic E-state index is 5.84. The Hall–Kier alpha value is -1.18. The zero-order valence-corrected chi connectivity index (χ0v) is 9.30. The van der Waals surface area contributed by atoms with Crippen LogP contribution in [0.2, 0.25) is 0 Å². The number of nitrogens with two attached hydrogens (primary N) is 1. The lowest BCUT2D eigenvalue weighted by atomic mass is 10.1. The topological polar surface area (TPSA) is 38.0 Å². The molecule has 14 heavy (non-hydrogen) atoms. The van der Waals surface area contributed by atoms with Crippen molar-refractivity contribution in [3.8, 4) is 0 Å². The Balaban J connectivity index is 2.53. The van der Waals surface area contributed by atoms with Crippen LogP contribution in [-0.2, 0) is 0 Å². The summed E-state index contributed by atoms with van der Waals surface area (Å²) in [6.45, 7) is 7.51. The van der Waals surface area contributed by atoms with E-state index in [2.05, 4.69) is 32.2 Å². The third-order valence-electron chi connectivity index (χ3n) is 2.25. The summed E-state index contributed by atoms with van der Waals surface area (Å²) in [5, 5.41) is 3.36. The minimum Gasteiger partial charge on any atom is -0.397 e. The zero-order valence-electron chi connectivity index (χ0n) is 9.30. The zero-order chi connectivity index (χ0) is 10.6. The molecule has 1 rings (SSSR count). The molecule has 0 heterocycles. The highest BCUT2D eigenvalue weighted by Crippen LogP contribution is 2.19. The minimum atomic E-state index is 0.730. The van der Waals surface area contributed by atoms with Gasteiger partial charge in [-0.25, -0.2) is 0 Å². The van der Waals surface area contributed by atoms with Gasteiger partial charge in [-0.1, -0.05) is 19.9 Å². The van der Waals surface area contributed by atoms with Gasteiger partial charge in [0.05, 0.1) is 11.4 Å². The molecule has 0 radical (unpaired) electrons. The van der Waals surface area contributed by atoms with E-state index in [1.54, 1.807) is 0 Å². The third kappa shape index (κ3) is 3.29. The van der Waals surface area contributed by atoms with Gasteiger partial charge >= 0.3 is 0 Å². The first-order valence-corrected chi connectivity index (χ1v) is 5.19. The predicted octanol–water partition coefficient (Wildman–Crippen LogP) is 3.04. The molecule has 1 aromatic carbocycles. The Labute approximate surface area is 86.5 Å². The van der Waals surface area contributed by atoms with E-state index >= 15 is 0 Å². The highest BCUT2D eigenvalue weighted by atomic mass is 14.9. The van der Waals surface area contributed by atoms with Gasteiger partial charge in [0.15, 0.2) is 0 Å². The minimum absolute atomic E-state index is 0.730. The molecular weight excluding hydrogens is 172 g/mol. The summed E-state index contributed by atoms with van der Waals surface area (Å²) in [5.41, 5.74) is 8.98. The van der Waals surface area contributed by atoms with Crippen LogP contribution in [-0.4, -0.2) is 6.54 Å². The van der Waals surface area contributed by atoms with Crippen LogP contribution >= 0.6 is 0 Å². The normalized spacial score (nSPS) is 10.6. The van der Waals surface area contributed by atoms with Crippen molar-refractivity contribution in [2.75, 3.05) is 17.6 Å². The van der Waals surface area contributed by atoms with E-state index < -0.39 is 0 Å².